The molecule has 1 aliphatic rings. The molecule has 1 saturated carbocycles. The smallest absolute Gasteiger partial charge is 0.201 e. The predicted molar refractivity (Wildman–Crippen MR) is 75.1 cm³/mol. The van der Waals surface area contributed by atoms with Gasteiger partial charge in [-0.05, 0) is 19.3 Å². The molecule has 0 aromatic carbocycles. The Balaban J connectivity index is 2.04. The van der Waals surface area contributed by atoms with Crippen molar-refractivity contribution in [3.63, 3.8) is 0 Å². The molecular formula is C16H31O2. The fourth-order valence-electron chi connectivity index (χ4n) is 2.73. The molecule has 1 radical (unpaired) electrons. The Morgan fingerprint density at radius 2 is 1.39 bits per heavy atom. The van der Waals surface area contributed by atoms with E-state index in [1.807, 2.05) is 0 Å². The van der Waals surface area contributed by atoms with Gasteiger partial charge in [0.2, 0.25) is 5.79 Å². The Labute approximate surface area is 113 Å². The maximum Gasteiger partial charge on any atom is 0.201 e. The van der Waals surface area contributed by atoms with Crippen molar-refractivity contribution in [1.82, 2.24) is 0 Å². The Hall–Kier alpha value is -0.0800. The molecule has 0 bridgehead atoms. The van der Waals surface area contributed by atoms with Gasteiger partial charge in [0.25, 0.3) is 0 Å². The van der Waals surface area contributed by atoms with E-state index in [1.165, 1.54) is 51.4 Å². The largest absolute Gasteiger partial charge is 0.347 e. The lowest BCUT2D eigenvalue weighted by atomic mass is 9.96. The normalized spacial score (nSPS) is 20.3. The van der Waals surface area contributed by atoms with Gasteiger partial charge in [-0.2, -0.15) is 5.11 Å². The molecule has 1 rings (SSSR count). The van der Waals surface area contributed by atoms with Crippen LogP contribution in [0.2, 0.25) is 0 Å². The summed E-state index contributed by atoms with van der Waals surface area (Å²) in [5, 5.41) is 12.4. The van der Waals surface area contributed by atoms with Gasteiger partial charge in [0, 0.05) is 12.8 Å². The molecule has 1 aliphatic carbocycles. The predicted octanol–water partition coefficient (Wildman–Crippen LogP) is 5.23. The molecule has 0 atom stereocenters. The van der Waals surface area contributed by atoms with Gasteiger partial charge >= 0.3 is 0 Å². The van der Waals surface area contributed by atoms with Crippen molar-refractivity contribution in [1.29, 1.82) is 0 Å². The van der Waals surface area contributed by atoms with Crippen LogP contribution >= 0.6 is 0 Å². The minimum atomic E-state index is -1.05. The molecule has 107 valence electrons. The fraction of sp³-hybridized carbons (Fsp3) is 1.00. The number of unbranched alkanes of at least 4 members (excludes halogenated alkanes) is 5. The van der Waals surface area contributed by atoms with Gasteiger partial charge in [-0.3, -0.25) is 0 Å². The summed E-state index contributed by atoms with van der Waals surface area (Å²) < 4.78 is 5.66. The first-order valence-corrected chi connectivity index (χ1v) is 8.11. The summed E-state index contributed by atoms with van der Waals surface area (Å²) in [7, 11) is 0. The van der Waals surface area contributed by atoms with E-state index < -0.39 is 5.79 Å². The van der Waals surface area contributed by atoms with E-state index in [2.05, 4.69) is 6.92 Å². The van der Waals surface area contributed by atoms with Crippen molar-refractivity contribution >= 4 is 0 Å². The van der Waals surface area contributed by atoms with Crippen molar-refractivity contribution in [2.45, 2.75) is 96.2 Å². The van der Waals surface area contributed by atoms with Crippen LogP contribution in [0.25, 0.3) is 0 Å². The summed E-state index contributed by atoms with van der Waals surface area (Å²) >= 11 is 0. The highest BCUT2D eigenvalue weighted by Gasteiger charge is 2.29. The SMILES string of the molecule is CCCCCCCCOC1([O])CCCCCCC1. The maximum atomic E-state index is 12.4. The van der Waals surface area contributed by atoms with Gasteiger partial charge in [0.15, 0.2) is 0 Å². The Morgan fingerprint density at radius 3 is 2.06 bits per heavy atom. The zero-order valence-electron chi connectivity index (χ0n) is 12.2. The average molecular weight is 255 g/mol. The average Bonchev–Trinajstić information content (AvgIpc) is 2.34. The maximum absolute atomic E-state index is 12.4. The first kappa shape index (κ1) is 16.0. The molecule has 0 amide bonds. The Morgan fingerprint density at radius 1 is 0.833 bits per heavy atom. The summed E-state index contributed by atoms with van der Waals surface area (Å²) in [5.74, 6) is -1.05. The van der Waals surface area contributed by atoms with Crippen LogP contribution in [-0.2, 0) is 9.84 Å². The molecule has 18 heavy (non-hydrogen) atoms. The van der Waals surface area contributed by atoms with E-state index in [0.29, 0.717) is 6.61 Å². The van der Waals surface area contributed by atoms with Crippen LogP contribution in [0.5, 0.6) is 0 Å². The third kappa shape index (κ3) is 7.38. The van der Waals surface area contributed by atoms with Crippen molar-refractivity contribution in [3.05, 3.63) is 0 Å². The number of rotatable bonds is 8. The van der Waals surface area contributed by atoms with Gasteiger partial charge < -0.3 is 4.74 Å². The first-order chi connectivity index (χ1) is 8.77. The minimum absolute atomic E-state index is 0.676. The van der Waals surface area contributed by atoms with Gasteiger partial charge in [-0.1, -0.05) is 58.3 Å². The summed E-state index contributed by atoms with van der Waals surface area (Å²) in [4.78, 5) is 0. The van der Waals surface area contributed by atoms with E-state index in [9.17, 15) is 5.11 Å². The van der Waals surface area contributed by atoms with Crippen molar-refractivity contribution in [3.8, 4) is 0 Å². The van der Waals surface area contributed by atoms with Crippen molar-refractivity contribution in [2.75, 3.05) is 6.61 Å². The summed E-state index contributed by atoms with van der Waals surface area (Å²) in [6.07, 6.45) is 14.8. The number of hydrogen-bond acceptors (Lipinski definition) is 1. The van der Waals surface area contributed by atoms with Crippen LogP contribution in [0.4, 0.5) is 0 Å². The van der Waals surface area contributed by atoms with Crippen molar-refractivity contribution < 1.29 is 9.84 Å². The molecule has 0 N–H and O–H groups in total. The standard InChI is InChI=1S/C16H31O2/c1-2-3-4-5-9-12-15-18-16(17)13-10-7-6-8-11-14-16/h2-15H2,1H3. The highest BCUT2D eigenvalue weighted by Crippen LogP contribution is 2.28. The fourth-order valence-corrected chi connectivity index (χ4v) is 2.73. The van der Waals surface area contributed by atoms with Crippen molar-refractivity contribution in [2.24, 2.45) is 0 Å². The van der Waals surface area contributed by atoms with E-state index in [-0.39, 0.29) is 0 Å². The Bertz CT molecular complexity index is 184. The molecule has 0 aliphatic heterocycles. The van der Waals surface area contributed by atoms with Gasteiger partial charge in [-0.15, -0.1) is 0 Å². The molecule has 0 heterocycles. The van der Waals surface area contributed by atoms with Crippen LogP contribution < -0.4 is 0 Å². The second-order valence-electron chi connectivity index (χ2n) is 5.79. The van der Waals surface area contributed by atoms with Crippen LogP contribution in [0, 0.1) is 0 Å². The quantitative estimate of drug-likeness (QED) is 0.431. The molecule has 2 nitrogen and oxygen atoms in total. The first-order valence-electron chi connectivity index (χ1n) is 8.11. The lowest BCUT2D eigenvalue weighted by Gasteiger charge is -2.27. The molecular weight excluding hydrogens is 224 g/mol. The van der Waals surface area contributed by atoms with Crippen LogP contribution in [-0.4, -0.2) is 12.4 Å². The lowest BCUT2D eigenvalue weighted by molar-refractivity contribution is -0.251. The van der Waals surface area contributed by atoms with Crippen LogP contribution in [0.3, 0.4) is 0 Å². The summed E-state index contributed by atoms with van der Waals surface area (Å²) in [6.45, 7) is 2.91. The van der Waals surface area contributed by atoms with E-state index in [1.54, 1.807) is 0 Å². The molecule has 0 unspecified atom stereocenters. The molecule has 0 aromatic rings. The number of ether oxygens (including phenoxy) is 1. The second-order valence-corrected chi connectivity index (χ2v) is 5.79. The Kier molecular flexibility index (Phi) is 8.70. The summed E-state index contributed by atoms with van der Waals surface area (Å²) in [5.41, 5.74) is 0. The van der Waals surface area contributed by atoms with Crippen LogP contribution in [0.1, 0.15) is 90.4 Å². The monoisotopic (exact) mass is 255 g/mol. The molecule has 2 heteroatoms. The second kappa shape index (κ2) is 9.80. The highest BCUT2D eigenvalue weighted by atomic mass is 16.6. The zero-order chi connectivity index (χ0) is 13.1. The molecule has 1 fully saturated rings. The van der Waals surface area contributed by atoms with Gasteiger partial charge in [0.1, 0.15) is 0 Å². The molecule has 0 aromatic heterocycles. The summed E-state index contributed by atoms with van der Waals surface area (Å²) in [6, 6.07) is 0. The molecule has 0 saturated heterocycles. The van der Waals surface area contributed by atoms with Gasteiger partial charge in [0.05, 0.1) is 6.61 Å². The molecule has 0 spiro atoms. The number of hydrogen-bond donors (Lipinski definition) is 0. The van der Waals surface area contributed by atoms with E-state index in [0.717, 1.165) is 32.1 Å². The highest BCUT2D eigenvalue weighted by molar-refractivity contribution is 4.70. The lowest BCUT2D eigenvalue weighted by Crippen LogP contribution is -2.32. The minimum Gasteiger partial charge on any atom is -0.347 e. The van der Waals surface area contributed by atoms with E-state index in [4.69, 9.17) is 4.74 Å². The van der Waals surface area contributed by atoms with Gasteiger partial charge in [-0.25, -0.2) is 0 Å². The zero-order valence-corrected chi connectivity index (χ0v) is 12.2. The topological polar surface area (TPSA) is 29.1 Å². The third-order valence-electron chi connectivity index (χ3n) is 3.98. The van der Waals surface area contributed by atoms with E-state index >= 15 is 0 Å². The third-order valence-corrected chi connectivity index (χ3v) is 3.98. The van der Waals surface area contributed by atoms with Crippen LogP contribution in [0.15, 0.2) is 0 Å².